The molecule has 0 aromatic carbocycles. The molecule has 1 N–H and O–H groups in total. The second-order valence-corrected chi connectivity index (χ2v) is 3.96. The monoisotopic (exact) mass is 205 g/mol. The van der Waals surface area contributed by atoms with Gasteiger partial charge in [0, 0.05) is 12.7 Å². The van der Waals surface area contributed by atoms with E-state index >= 15 is 0 Å². The normalized spacial score (nSPS) is 13.4. The second kappa shape index (κ2) is 3.31. The van der Waals surface area contributed by atoms with Gasteiger partial charge in [0.05, 0.1) is 0 Å². The van der Waals surface area contributed by atoms with Crippen LogP contribution in [0, 0.1) is 13.8 Å². The van der Waals surface area contributed by atoms with E-state index < -0.39 is 6.10 Å². The molecule has 0 aliphatic carbocycles. The van der Waals surface area contributed by atoms with Gasteiger partial charge < -0.3 is 9.67 Å². The smallest absolute Gasteiger partial charge is 0.160 e. The van der Waals surface area contributed by atoms with Crippen LogP contribution in [0.3, 0.4) is 0 Å². The number of pyridine rings is 1. The number of aryl methyl sites for hydroxylation is 3. The molecular formula is C11H15N3O. The molecule has 2 aromatic heterocycles. The van der Waals surface area contributed by atoms with E-state index in [0.29, 0.717) is 5.82 Å². The zero-order valence-corrected chi connectivity index (χ0v) is 9.44. The van der Waals surface area contributed by atoms with Gasteiger partial charge >= 0.3 is 0 Å². The predicted molar refractivity (Wildman–Crippen MR) is 58.6 cm³/mol. The average Bonchev–Trinajstić information content (AvgIpc) is 2.44. The summed E-state index contributed by atoms with van der Waals surface area (Å²) in [5.41, 5.74) is 3.78. The molecule has 0 amide bonds. The number of hydrogen-bond acceptors (Lipinski definition) is 3. The van der Waals surface area contributed by atoms with Crippen molar-refractivity contribution in [2.45, 2.75) is 26.9 Å². The molecule has 0 aliphatic heterocycles. The Bertz CT molecular complexity index is 514. The zero-order valence-electron chi connectivity index (χ0n) is 9.44. The van der Waals surface area contributed by atoms with Crippen LogP contribution in [-0.2, 0) is 7.05 Å². The number of imidazole rings is 1. The topological polar surface area (TPSA) is 50.9 Å². The van der Waals surface area contributed by atoms with Gasteiger partial charge in [-0.2, -0.15) is 0 Å². The van der Waals surface area contributed by atoms with E-state index in [9.17, 15) is 5.11 Å². The molecule has 80 valence electrons. The van der Waals surface area contributed by atoms with Gasteiger partial charge in [-0.25, -0.2) is 9.97 Å². The minimum absolute atomic E-state index is 0.566. The van der Waals surface area contributed by atoms with E-state index in [4.69, 9.17) is 0 Å². The SMILES string of the molecule is Cc1cc(C)c2nc(C(C)O)n(C)c2n1. The number of aromatic nitrogens is 3. The summed E-state index contributed by atoms with van der Waals surface area (Å²) in [7, 11) is 1.88. The van der Waals surface area contributed by atoms with Crippen LogP contribution in [0.25, 0.3) is 11.2 Å². The molecular weight excluding hydrogens is 190 g/mol. The van der Waals surface area contributed by atoms with Crippen LogP contribution in [-0.4, -0.2) is 19.6 Å². The summed E-state index contributed by atoms with van der Waals surface area (Å²) in [6.45, 7) is 5.68. The summed E-state index contributed by atoms with van der Waals surface area (Å²) in [6.07, 6.45) is -0.566. The summed E-state index contributed by atoms with van der Waals surface area (Å²) in [6, 6.07) is 2.00. The van der Waals surface area contributed by atoms with Crippen LogP contribution in [0.5, 0.6) is 0 Å². The fourth-order valence-electron chi connectivity index (χ4n) is 1.85. The molecule has 2 aromatic rings. The van der Waals surface area contributed by atoms with Gasteiger partial charge in [0.25, 0.3) is 0 Å². The first-order chi connectivity index (χ1) is 7.00. The highest BCUT2D eigenvalue weighted by Crippen LogP contribution is 2.21. The number of aliphatic hydroxyl groups excluding tert-OH is 1. The predicted octanol–water partition coefficient (Wildman–Crippen LogP) is 1.64. The van der Waals surface area contributed by atoms with Gasteiger partial charge in [-0.3, -0.25) is 0 Å². The van der Waals surface area contributed by atoms with Crippen molar-refractivity contribution < 1.29 is 5.11 Å². The van der Waals surface area contributed by atoms with Crippen LogP contribution in [0.2, 0.25) is 0 Å². The Labute approximate surface area is 88.6 Å². The van der Waals surface area contributed by atoms with Crippen molar-refractivity contribution in [2.24, 2.45) is 7.05 Å². The summed E-state index contributed by atoms with van der Waals surface area (Å²) >= 11 is 0. The molecule has 0 bridgehead atoms. The van der Waals surface area contributed by atoms with Crippen molar-refractivity contribution in [3.8, 4) is 0 Å². The molecule has 2 rings (SSSR count). The van der Waals surface area contributed by atoms with Crippen LogP contribution >= 0.6 is 0 Å². The van der Waals surface area contributed by atoms with Crippen molar-refractivity contribution >= 4 is 11.2 Å². The standard InChI is InChI=1S/C11H15N3O/c1-6-5-7(2)12-11-9(6)13-10(8(3)15)14(11)4/h5,8,15H,1-4H3. The lowest BCUT2D eigenvalue weighted by atomic mass is 10.2. The molecule has 2 heterocycles. The summed E-state index contributed by atoms with van der Waals surface area (Å²) in [4.78, 5) is 8.83. The molecule has 4 heteroatoms. The van der Waals surface area contributed by atoms with Gasteiger partial charge in [-0.1, -0.05) is 0 Å². The van der Waals surface area contributed by atoms with Crippen LogP contribution in [0.1, 0.15) is 30.1 Å². The molecule has 1 unspecified atom stereocenters. The third-order valence-electron chi connectivity index (χ3n) is 2.55. The number of hydrogen-bond donors (Lipinski definition) is 1. The van der Waals surface area contributed by atoms with E-state index in [-0.39, 0.29) is 0 Å². The Hall–Kier alpha value is -1.42. The van der Waals surface area contributed by atoms with E-state index in [1.54, 1.807) is 6.92 Å². The highest BCUT2D eigenvalue weighted by Gasteiger charge is 2.14. The van der Waals surface area contributed by atoms with E-state index in [1.807, 2.05) is 31.5 Å². The van der Waals surface area contributed by atoms with Gasteiger partial charge in [0.1, 0.15) is 17.4 Å². The fraction of sp³-hybridized carbons (Fsp3) is 0.455. The minimum atomic E-state index is -0.566. The largest absolute Gasteiger partial charge is 0.385 e. The fourth-order valence-corrected chi connectivity index (χ4v) is 1.85. The first kappa shape index (κ1) is 10.1. The van der Waals surface area contributed by atoms with Crippen molar-refractivity contribution in [3.05, 3.63) is 23.1 Å². The highest BCUT2D eigenvalue weighted by atomic mass is 16.3. The van der Waals surface area contributed by atoms with E-state index in [2.05, 4.69) is 9.97 Å². The Morgan fingerprint density at radius 1 is 1.33 bits per heavy atom. The lowest BCUT2D eigenvalue weighted by Gasteiger charge is -2.03. The maximum Gasteiger partial charge on any atom is 0.160 e. The molecule has 0 radical (unpaired) electrons. The quantitative estimate of drug-likeness (QED) is 0.770. The third kappa shape index (κ3) is 1.51. The number of aliphatic hydroxyl groups is 1. The average molecular weight is 205 g/mol. The van der Waals surface area contributed by atoms with Gasteiger partial charge in [-0.05, 0) is 32.4 Å². The summed E-state index contributed by atoms with van der Waals surface area (Å²) < 4.78 is 1.85. The van der Waals surface area contributed by atoms with Gasteiger partial charge in [-0.15, -0.1) is 0 Å². The molecule has 1 atom stereocenters. The molecule has 0 aliphatic rings. The highest BCUT2D eigenvalue weighted by molar-refractivity contribution is 5.75. The Morgan fingerprint density at radius 2 is 2.00 bits per heavy atom. The number of nitrogens with zero attached hydrogens (tertiary/aromatic N) is 3. The van der Waals surface area contributed by atoms with Crippen LogP contribution in [0.4, 0.5) is 0 Å². The first-order valence-electron chi connectivity index (χ1n) is 4.99. The minimum Gasteiger partial charge on any atom is -0.385 e. The summed E-state index contributed by atoms with van der Waals surface area (Å²) in [5, 5.41) is 9.55. The lowest BCUT2D eigenvalue weighted by molar-refractivity contribution is 0.186. The van der Waals surface area contributed by atoms with Crippen molar-refractivity contribution in [3.63, 3.8) is 0 Å². The molecule has 0 saturated heterocycles. The number of fused-ring (bicyclic) bond motifs is 1. The van der Waals surface area contributed by atoms with Crippen molar-refractivity contribution in [1.29, 1.82) is 0 Å². The maximum absolute atomic E-state index is 9.55. The van der Waals surface area contributed by atoms with E-state index in [0.717, 1.165) is 22.4 Å². The van der Waals surface area contributed by atoms with E-state index in [1.165, 1.54) is 0 Å². The van der Waals surface area contributed by atoms with Crippen LogP contribution in [0.15, 0.2) is 6.07 Å². The number of rotatable bonds is 1. The second-order valence-electron chi connectivity index (χ2n) is 3.96. The van der Waals surface area contributed by atoms with Crippen LogP contribution < -0.4 is 0 Å². The summed E-state index contributed by atoms with van der Waals surface area (Å²) in [5.74, 6) is 0.659. The van der Waals surface area contributed by atoms with Crippen molar-refractivity contribution in [1.82, 2.24) is 14.5 Å². The molecule has 0 fully saturated rings. The lowest BCUT2D eigenvalue weighted by Crippen LogP contribution is -2.02. The zero-order chi connectivity index (χ0) is 11.2. The molecule has 0 spiro atoms. The first-order valence-corrected chi connectivity index (χ1v) is 4.99. The van der Waals surface area contributed by atoms with Gasteiger partial charge in [0.2, 0.25) is 0 Å². The maximum atomic E-state index is 9.55. The van der Waals surface area contributed by atoms with Gasteiger partial charge in [0.15, 0.2) is 5.65 Å². The third-order valence-corrected chi connectivity index (χ3v) is 2.55. The Balaban J connectivity index is 2.82. The molecule has 15 heavy (non-hydrogen) atoms. The van der Waals surface area contributed by atoms with Crippen molar-refractivity contribution in [2.75, 3.05) is 0 Å². The Morgan fingerprint density at radius 3 is 2.60 bits per heavy atom. The molecule has 4 nitrogen and oxygen atoms in total. The Kier molecular flexibility index (Phi) is 2.23. The molecule has 0 saturated carbocycles.